The molecule has 2 heterocycles. The molecule has 0 amide bonds. The minimum atomic E-state index is 0.354. The van der Waals surface area contributed by atoms with Gasteiger partial charge >= 0.3 is 0 Å². The van der Waals surface area contributed by atoms with Crippen LogP contribution in [0.4, 0.5) is 0 Å². The van der Waals surface area contributed by atoms with Gasteiger partial charge in [-0.3, -0.25) is 4.90 Å². The summed E-state index contributed by atoms with van der Waals surface area (Å²) in [5, 5.41) is 3.42. The van der Waals surface area contributed by atoms with Crippen LogP contribution in [-0.2, 0) is 11.3 Å². The third-order valence-electron chi connectivity index (χ3n) is 3.01. The lowest BCUT2D eigenvalue weighted by molar-refractivity contribution is -0.0674. The zero-order valence-corrected chi connectivity index (χ0v) is 10.7. The Hall–Kier alpha value is -0.840. The maximum Gasteiger partial charge on any atom is 0.0947 e. The number of furan rings is 1. The molecule has 17 heavy (non-hydrogen) atoms. The number of morpholine rings is 1. The Bertz CT molecular complexity index is 303. The molecule has 1 fully saturated rings. The van der Waals surface area contributed by atoms with Gasteiger partial charge in [0.1, 0.15) is 0 Å². The molecule has 0 bridgehead atoms. The van der Waals surface area contributed by atoms with Gasteiger partial charge in [-0.2, -0.15) is 0 Å². The lowest BCUT2D eigenvalue weighted by atomic mass is 10.2. The second-order valence-corrected chi connectivity index (χ2v) is 4.83. The summed E-state index contributed by atoms with van der Waals surface area (Å²) < 4.78 is 10.7. The molecule has 0 saturated carbocycles. The van der Waals surface area contributed by atoms with E-state index < -0.39 is 0 Å². The predicted octanol–water partition coefficient (Wildman–Crippen LogP) is 1.48. The van der Waals surface area contributed by atoms with Crippen LogP contribution in [0.1, 0.15) is 19.4 Å². The molecule has 0 aliphatic carbocycles. The summed E-state index contributed by atoms with van der Waals surface area (Å²) in [7, 11) is 0. The number of ether oxygens (including phenoxy) is 1. The fourth-order valence-electron chi connectivity index (χ4n) is 2.33. The van der Waals surface area contributed by atoms with Gasteiger partial charge in [-0.05, 0) is 19.9 Å². The summed E-state index contributed by atoms with van der Waals surface area (Å²) in [4.78, 5) is 2.46. The van der Waals surface area contributed by atoms with Crippen LogP contribution in [0.25, 0.3) is 0 Å². The van der Waals surface area contributed by atoms with E-state index in [-0.39, 0.29) is 0 Å². The quantitative estimate of drug-likeness (QED) is 0.788. The van der Waals surface area contributed by atoms with E-state index >= 15 is 0 Å². The van der Waals surface area contributed by atoms with E-state index in [0.29, 0.717) is 12.2 Å². The molecule has 4 heteroatoms. The molecule has 1 aliphatic rings. The minimum absolute atomic E-state index is 0.354. The lowest BCUT2D eigenvalue weighted by Gasteiger charge is -2.35. The first-order valence-corrected chi connectivity index (χ1v) is 6.33. The van der Waals surface area contributed by atoms with Gasteiger partial charge in [0.05, 0.1) is 24.7 Å². The van der Waals surface area contributed by atoms with Crippen LogP contribution in [0.3, 0.4) is 0 Å². The third kappa shape index (κ3) is 4.15. The zero-order valence-electron chi connectivity index (χ0n) is 10.7. The van der Waals surface area contributed by atoms with Gasteiger partial charge in [0.2, 0.25) is 0 Å². The molecule has 1 aromatic heterocycles. The average molecular weight is 238 g/mol. The van der Waals surface area contributed by atoms with Crippen molar-refractivity contribution in [1.82, 2.24) is 10.2 Å². The van der Waals surface area contributed by atoms with Crippen molar-refractivity contribution in [2.45, 2.75) is 32.6 Å². The number of rotatable bonds is 5. The molecule has 0 unspecified atom stereocenters. The Labute approximate surface area is 103 Å². The van der Waals surface area contributed by atoms with Crippen LogP contribution in [-0.4, -0.2) is 43.3 Å². The van der Waals surface area contributed by atoms with Crippen molar-refractivity contribution >= 4 is 0 Å². The summed E-state index contributed by atoms with van der Waals surface area (Å²) in [6.07, 6.45) is 4.20. The molecule has 1 saturated heterocycles. The topological polar surface area (TPSA) is 37.6 Å². The number of nitrogens with zero attached hydrogens (tertiary/aromatic N) is 1. The molecule has 2 rings (SSSR count). The van der Waals surface area contributed by atoms with E-state index in [2.05, 4.69) is 24.1 Å². The van der Waals surface area contributed by atoms with Crippen molar-refractivity contribution in [3.8, 4) is 0 Å². The van der Waals surface area contributed by atoms with Crippen molar-refractivity contribution in [1.29, 1.82) is 0 Å². The Balaban J connectivity index is 1.61. The van der Waals surface area contributed by atoms with Gasteiger partial charge in [-0.1, -0.05) is 0 Å². The first kappa shape index (κ1) is 12.6. The molecular formula is C13H22N2O2. The van der Waals surface area contributed by atoms with E-state index in [0.717, 1.165) is 32.7 Å². The lowest BCUT2D eigenvalue weighted by Crippen LogP contribution is -2.47. The highest BCUT2D eigenvalue weighted by Crippen LogP contribution is 2.09. The molecule has 1 N–H and O–H groups in total. The maximum absolute atomic E-state index is 5.71. The predicted molar refractivity (Wildman–Crippen MR) is 66.9 cm³/mol. The van der Waals surface area contributed by atoms with Crippen molar-refractivity contribution in [2.75, 3.05) is 26.2 Å². The van der Waals surface area contributed by atoms with E-state index in [1.54, 1.807) is 12.5 Å². The Morgan fingerprint density at radius 3 is 2.76 bits per heavy atom. The standard InChI is InChI=1S/C13H22N2O2/c1-11-8-15(9-12(2)17-11)5-4-14-7-13-3-6-16-10-13/h3,6,10-12,14H,4-5,7-9H2,1-2H3/t11-,12+. The second-order valence-electron chi connectivity index (χ2n) is 4.83. The SMILES string of the molecule is C[C@@H]1CN(CCNCc2ccoc2)C[C@H](C)O1. The van der Waals surface area contributed by atoms with Crippen molar-refractivity contribution in [3.05, 3.63) is 24.2 Å². The van der Waals surface area contributed by atoms with Crippen molar-refractivity contribution in [2.24, 2.45) is 0 Å². The fraction of sp³-hybridized carbons (Fsp3) is 0.692. The summed E-state index contributed by atoms with van der Waals surface area (Å²) >= 11 is 0. The maximum atomic E-state index is 5.71. The monoisotopic (exact) mass is 238 g/mol. The highest BCUT2D eigenvalue weighted by molar-refractivity contribution is 5.04. The van der Waals surface area contributed by atoms with Gasteiger partial charge in [-0.15, -0.1) is 0 Å². The first-order valence-electron chi connectivity index (χ1n) is 6.33. The Morgan fingerprint density at radius 1 is 1.35 bits per heavy atom. The number of nitrogens with one attached hydrogen (secondary N) is 1. The van der Waals surface area contributed by atoms with Crippen LogP contribution in [0.5, 0.6) is 0 Å². The van der Waals surface area contributed by atoms with Gasteiger partial charge in [0.15, 0.2) is 0 Å². The molecule has 96 valence electrons. The van der Waals surface area contributed by atoms with Gasteiger partial charge in [-0.25, -0.2) is 0 Å². The van der Waals surface area contributed by atoms with Crippen LogP contribution in [0.2, 0.25) is 0 Å². The first-order chi connectivity index (χ1) is 8.24. The second kappa shape index (κ2) is 6.19. The van der Waals surface area contributed by atoms with E-state index in [4.69, 9.17) is 9.15 Å². The molecule has 0 aromatic carbocycles. The van der Waals surface area contributed by atoms with E-state index in [1.807, 2.05) is 6.07 Å². The highest BCUT2D eigenvalue weighted by Gasteiger charge is 2.21. The summed E-state index contributed by atoms with van der Waals surface area (Å²) in [5.74, 6) is 0. The number of hydrogen-bond donors (Lipinski definition) is 1. The van der Waals surface area contributed by atoms with Crippen molar-refractivity contribution < 1.29 is 9.15 Å². The van der Waals surface area contributed by atoms with Crippen LogP contribution in [0.15, 0.2) is 23.0 Å². The average Bonchev–Trinajstić information content (AvgIpc) is 2.76. The van der Waals surface area contributed by atoms with E-state index in [9.17, 15) is 0 Å². The zero-order chi connectivity index (χ0) is 12.1. The van der Waals surface area contributed by atoms with Gasteiger partial charge < -0.3 is 14.5 Å². The molecule has 2 atom stereocenters. The molecule has 1 aliphatic heterocycles. The molecule has 4 nitrogen and oxygen atoms in total. The van der Waals surface area contributed by atoms with Crippen LogP contribution >= 0.6 is 0 Å². The van der Waals surface area contributed by atoms with Crippen LogP contribution in [0, 0.1) is 0 Å². The Morgan fingerprint density at radius 2 is 2.12 bits per heavy atom. The molecule has 1 aromatic rings. The molecular weight excluding hydrogens is 216 g/mol. The summed E-state index contributed by atoms with van der Waals surface area (Å²) in [6, 6.07) is 1.99. The molecule has 0 spiro atoms. The smallest absolute Gasteiger partial charge is 0.0947 e. The third-order valence-corrected chi connectivity index (χ3v) is 3.01. The fourth-order valence-corrected chi connectivity index (χ4v) is 2.33. The minimum Gasteiger partial charge on any atom is -0.472 e. The Kier molecular flexibility index (Phi) is 4.59. The number of hydrogen-bond acceptors (Lipinski definition) is 4. The molecule has 0 radical (unpaired) electrons. The summed E-state index contributed by atoms with van der Waals surface area (Å²) in [6.45, 7) is 9.32. The highest BCUT2D eigenvalue weighted by atomic mass is 16.5. The normalized spacial score (nSPS) is 26.2. The summed E-state index contributed by atoms with van der Waals surface area (Å²) in [5.41, 5.74) is 1.20. The van der Waals surface area contributed by atoms with E-state index in [1.165, 1.54) is 5.56 Å². The van der Waals surface area contributed by atoms with Crippen molar-refractivity contribution in [3.63, 3.8) is 0 Å². The largest absolute Gasteiger partial charge is 0.472 e. The van der Waals surface area contributed by atoms with Gasteiger partial charge in [0, 0.05) is 38.3 Å². The van der Waals surface area contributed by atoms with Crippen LogP contribution < -0.4 is 5.32 Å². The van der Waals surface area contributed by atoms with Gasteiger partial charge in [0.25, 0.3) is 0 Å².